The lowest BCUT2D eigenvalue weighted by molar-refractivity contribution is -0.137. The first kappa shape index (κ1) is 50.4. The van der Waals surface area contributed by atoms with Crippen molar-refractivity contribution in [1.82, 2.24) is 20.4 Å². The molecular weight excluding hydrogens is 974 g/mol. The molecule has 3 aromatic heterocycles. The molecule has 0 bridgehead atoms. The largest absolute Gasteiger partial charge is 0.416 e. The molecule has 9 rings (SSSR count). The number of para-hydroxylation sites is 1. The van der Waals surface area contributed by atoms with Gasteiger partial charge in [-0.3, -0.25) is 15.0 Å². The summed E-state index contributed by atoms with van der Waals surface area (Å²) in [5.74, 6) is -2.60. The van der Waals surface area contributed by atoms with E-state index in [4.69, 9.17) is 10.5 Å². The number of nitrogens with one attached hydrogen (secondary N) is 7. The van der Waals surface area contributed by atoms with Crippen molar-refractivity contribution < 1.29 is 49.9 Å². The number of benzene rings is 6. The fourth-order valence-electron chi connectivity index (χ4n) is 6.87. The number of aromatic amines is 2. The average Bonchev–Trinajstić information content (AvgIpc) is 4.11. The summed E-state index contributed by atoms with van der Waals surface area (Å²) in [4.78, 5) is 45.8. The number of anilines is 6. The van der Waals surface area contributed by atoms with E-state index in [1.54, 1.807) is 78.3 Å². The van der Waals surface area contributed by atoms with Crippen LogP contribution in [0.1, 0.15) is 21.5 Å². The Morgan fingerprint density at radius 1 is 0.611 bits per heavy atom. The monoisotopic (exact) mass is 1010 g/mol. The number of H-pyrrole nitrogens is 2. The van der Waals surface area contributed by atoms with Crippen LogP contribution < -0.4 is 43.8 Å². The zero-order valence-electron chi connectivity index (χ0n) is 36.9. The van der Waals surface area contributed by atoms with E-state index in [9.17, 15) is 40.7 Å². The number of thiophene rings is 1. The van der Waals surface area contributed by atoms with Gasteiger partial charge in [-0.2, -0.15) is 34.7 Å². The third kappa shape index (κ3) is 11.9. The highest BCUT2D eigenvalue weighted by Gasteiger charge is 2.31. The molecule has 72 heavy (non-hydrogen) atoms. The molecule has 0 radical (unpaired) electrons. The van der Waals surface area contributed by atoms with Crippen LogP contribution in [0.2, 0.25) is 0 Å². The van der Waals surface area contributed by atoms with Crippen molar-refractivity contribution in [3.05, 3.63) is 166 Å². The lowest BCUT2D eigenvalue weighted by Gasteiger charge is -2.14. The van der Waals surface area contributed by atoms with E-state index >= 15 is 4.39 Å². The van der Waals surface area contributed by atoms with Gasteiger partial charge in [0.05, 0.1) is 22.5 Å². The van der Waals surface area contributed by atoms with Gasteiger partial charge in [0.25, 0.3) is 5.91 Å². The summed E-state index contributed by atoms with van der Waals surface area (Å²) < 4.78 is 96.5. The molecule has 0 aliphatic rings. The van der Waals surface area contributed by atoms with E-state index in [0.29, 0.717) is 62.5 Å². The number of carbonyl (C=O) groups is 4. The summed E-state index contributed by atoms with van der Waals surface area (Å²) in [6, 6.07) is 24.5. The van der Waals surface area contributed by atoms with Gasteiger partial charge in [-0.05, 0) is 102 Å². The second-order valence-electron chi connectivity index (χ2n) is 15.2. The number of alkyl halides is 3. The first-order valence-corrected chi connectivity index (χ1v) is 21.7. The van der Waals surface area contributed by atoms with Gasteiger partial charge < -0.3 is 43.8 Å². The summed E-state index contributed by atoms with van der Waals surface area (Å²) in [5, 5.41) is 29.6. The highest BCUT2D eigenvalue weighted by atomic mass is 32.1. The zero-order chi connectivity index (χ0) is 51.9. The van der Waals surface area contributed by atoms with Crippen molar-refractivity contribution in [3.8, 4) is 22.3 Å². The van der Waals surface area contributed by atoms with Crippen molar-refractivity contribution in [1.29, 1.82) is 0 Å². The van der Waals surface area contributed by atoms with Crippen LogP contribution in [0.5, 0.6) is 0 Å². The van der Waals surface area contributed by atoms with Gasteiger partial charge in [0.2, 0.25) is 0 Å². The minimum atomic E-state index is -4.71. The van der Waals surface area contributed by atoms with Gasteiger partial charge in [0.15, 0.2) is 23.3 Å². The number of nitrogens with zero attached hydrogens (tertiary/aromatic N) is 2. The maximum absolute atomic E-state index is 15.4. The van der Waals surface area contributed by atoms with Gasteiger partial charge in [-0.1, -0.05) is 42.5 Å². The topological polar surface area (TPSA) is 264 Å². The average molecular weight is 1010 g/mol. The minimum absolute atomic E-state index is 0.0748. The van der Waals surface area contributed by atoms with Crippen LogP contribution in [-0.4, -0.2) is 44.4 Å². The molecule has 7 amide bonds. The molecule has 0 saturated carbocycles. The van der Waals surface area contributed by atoms with E-state index in [1.807, 2.05) is 0 Å². The Morgan fingerprint density at radius 2 is 1.19 bits per heavy atom. The summed E-state index contributed by atoms with van der Waals surface area (Å²) in [6.07, 6.45) is -4.71. The maximum atomic E-state index is 15.4. The summed E-state index contributed by atoms with van der Waals surface area (Å²) in [7, 11) is 0. The zero-order valence-corrected chi connectivity index (χ0v) is 37.8. The van der Waals surface area contributed by atoms with Crippen LogP contribution in [0.3, 0.4) is 0 Å². The molecule has 0 aliphatic heterocycles. The molecule has 0 atom stereocenters. The van der Waals surface area contributed by atoms with Gasteiger partial charge in [0.1, 0.15) is 22.7 Å². The second kappa shape index (κ2) is 21.5. The molecule has 9 aromatic rings. The lowest BCUT2D eigenvalue weighted by Crippen LogP contribution is -2.21. The second-order valence-corrected chi connectivity index (χ2v) is 16.0. The van der Waals surface area contributed by atoms with Crippen LogP contribution in [-0.2, 0) is 6.18 Å². The number of amides is 7. The Balaban J connectivity index is 0.000000207. The minimum Gasteiger partial charge on any atom is -0.382 e. The molecule has 3 heterocycles. The quantitative estimate of drug-likeness (QED) is 0.0657. The first-order valence-electron chi connectivity index (χ1n) is 20.7. The van der Waals surface area contributed by atoms with Crippen LogP contribution in [0, 0.1) is 30.2 Å². The molecule has 6 aromatic carbocycles. The van der Waals surface area contributed by atoms with Crippen molar-refractivity contribution >= 4 is 91.5 Å². The van der Waals surface area contributed by atoms with Gasteiger partial charge in [-0.25, -0.2) is 31.9 Å². The molecule has 0 unspecified atom stereocenters. The number of fused-ring (bicyclic) bond motifs is 2. The number of rotatable bonds is 8. The fourth-order valence-corrected chi connectivity index (χ4v) is 7.51. The molecule has 0 fully saturated rings. The maximum Gasteiger partial charge on any atom is 0.416 e. The van der Waals surface area contributed by atoms with Crippen molar-refractivity contribution in [2.75, 3.05) is 32.3 Å². The smallest absolute Gasteiger partial charge is 0.382 e. The summed E-state index contributed by atoms with van der Waals surface area (Å²) in [6.45, 7) is 1.63. The number of primary amides is 2. The fraction of sp³-hybridized carbons (Fsp3) is 0.0417. The van der Waals surface area contributed by atoms with E-state index in [0.717, 1.165) is 0 Å². The van der Waals surface area contributed by atoms with Gasteiger partial charge >= 0.3 is 24.3 Å². The third-order valence-corrected chi connectivity index (χ3v) is 11.0. The van der Waals surface area contributed by atoms with E-state index < -0.39 is 58.8 Å². The summed E-state index contributed by atoms with van der Waals surface area (Å²) >= 11 is 1.37. The Labute approximate surface area is 405 Å². The molecule has 13 N–H and O–H groups in total. The Bertz CT molecular complexity index is 3470. The normalized spacial score (nSPS) is 10.9. The third-order valence-electron chi connectivity index (χ3n) is 10.3. The van der Waals surface area contributed by atoms with Crippen LogP contribution in [0.15, 0.2) is 126 Å². The Hall–Kier alpha value is -9.45. The van der Waals surface area contributed by atoms with Crippen LogP contribution >= 0.6 is 11.3 Å². The number of aromatic nitrogens is 4. The van der Waals surface area contributed by atoms with E-state index in [1.165, 1.54) is 47.7 Å². The number of aryl methyl sites for hydroxylation is 1. The lowest BCUT2D eigenvalue weighted by atomic mass is 10.0. The predicted molar refractivity (Wildman–Crippen MR) is 261 cm³/mol. The Kier molecular flexibility index (Phi) is 15.0. The van der Waals surface area contributed by atoms with E-state index in [2.05, 4.69) is 58.4 Å². The van der Waals surface area contributed by atoms with Crippen LogP contribution in [0.4, 0.5) is 79.5 Å². The number of hydrogen-bond donors (Lipinski definition) is 10. The number of nitrogens with two attached hydrogens (primary N) is 3. The van der Waals surface area contributed by atoms with Crippen molar-refractivity contribution in [2.45, 2.75) is 13.1 Å². The van der Waals surface area contributed by atoms with Crippen LogP contribution in [0.25, 0.3) is 44.1 Å². The molecule has 16 nitrogen and oxygen atoms in total. The Morgan fingerprint density at radius 3 is 1.85 bits per heavy atom. The highest BCUT2D eigenvalue weighted by molar-refractivity contribution is 7.08. The number of urea groups is 3. The molecular formula is C48H37F7N12O4S. The van der Waals surface area contributed by atoms with Gasteiger partial charge in [-0.15, -0.1) is 0 Å². The predicted octanol–water partition coefficient (Wildman–Crippen LogP) is 11.6. The molecule has 0 saturated heterocycles. The molecule has 0 aliphatic carbocycles. The number of carbonyl (C=O) groups excluding carboxylic acids is 4. The first-order chi connectivity index (χ1) is 34.3. The van der Waals surface area contributed by atoms with Gasteiger partial charge in [0, 0.05) is 38.7 Å². The van der Waals surface area contributed by atoms with E-state index in [-0.39, 0.29) is 45.5 Å². The molecule has 24 heteroatoms. The number of nitrogen functional groups attached to an aromatic ring is 1. The SMILES string of the molecule is Cc1cc(-c2ccc3c(NC(=O)c4ccsc4)n[nH]c3c2F)ccc1NC(=O)Nc1cc(C(F)(F)F)ccc1F.NC(N)=O.Nc1n[nH]c2c(F)c(-c3ccc(NC(=O)Nc4ccccc4F)cc3)ccc12. The summed E-state index contributed by atoms with van der Waals surface area (Å²) in [5.41, 5.74) is 16.2. The van der Waals surface area contributed by atoms with Crippen molar-refractivity contribution in [2.24, 2.45) is 11.5 Å². The number of halogens is 7. The highest BCUT2D eigenvalue weighted by Crippen LogP contribution is 2.35. The standard InChI is InChI=1S/C27H18F5N5O2S.C20H15F2N5O.CH4N2O/c1-13-10-14(2-7-20(13)33-26(39)34-21-11-16(27(30,31)32)3-6-19(21)28)17-4-5-18-23(22(17)29)36-37-24(18)35-25(38)15-8-9-40-12-15;21-15-3-1-2-4-16(15)25-20(28)24-12-7-5-11(6-8-12)13-9-10-14-18(17(13)22)26-27-19(14)23;2-1(3)4/h2-12H,1H3,(H2,33,34,39)(H2,35,36,37,38);1-10H,(H3,23,26,27)(H2,24,25,28);(H4,2,3,4). The van der Waals surface area contributed by atoms with Crippen molar-refractivity contribution in [3.63, 3.8) is 0 Å². The number of hydrogen-bond acceptors (Lipinski definition) is 8. The molecule has 368 valence electrons. The molecule has 0 spiro atoms.